The summed E-state index contributed by atoms with van der Waals surface area (Å²) in [7, 11) is -2.39. The maximum absolute atomic E-state index is 13.2. The third-order valence-corrected chi connectivity index (χ3v) is 6.44. The molecule has 3 aromatic carbocycles. The summed E-state index contributed by atoms with van der Waals surface area (Å²) in [5.41, 5.74) is 1.60. The average Bonchev–Trinajstić information content (AvgIpc) is 2.91. The van der Waals surface area contributed by atoms with Crippen LogP contribution in [0.2, 0.25) is 0 Å². The maximum Gasteiger partial charge on any atom is 0.269 e. The molecule has 0 radical (unpaired) electrons. The largest absolute Gasteiger partial charge is 0.497 e. The summed E-state index contributed by atoms with van der Waals surface area (Å²) in [4.78, 5) is 13.1. The van der Waals surface area contributed by atoms with Crippen molar-refractivity contribution in [2.75, 3.05) is 7.11 Å². The zero-order valence-corrected chi connectivity index (χ0v) is 15.4. The van der Waals surface area contributed by atoms with Gasteiger partial charge in [-0.05, 0) is 35.4 Å². The van der Waals surface area contributed by atoms with Crippen molar-refractivity contribution in [3.8, 4) is 5.75 Å². The average molecular weight is 379 g/mol. The van der Waals surface area contributed by atoms with Gasteiger partial charge in [-0.25, -0.2) is 12.7 Å². The fourth-order valence-corrected chi connectivity index (χ4v) is 5.08. The van der Waals surface area contributed by atoms with Crippen molar-refractivity contribution in [2.45, 2.75) is 10.9 Å². The number of rotatable bonds is 4. The van der Waals surface area contributed by atoms with Crippen molar-refractivity contribution in [3.05, 3.63) is 95.6 Å². The normalized spacial score (nSPS) is 16.0. The van der Waals surface area contributed by atoms with Crippen molar-refractivity contribution >= 4 is 15.9 Å². The van der Waals surface area contributed by atoms with Crippen LogP contribution in [0.3, 0.4) is 0 Å². The molecule has 0 N–H and O–H groups in total. The monoisotopic (exact) mass is 379 g/mol. The summed E-state index contributed by atoms with van der Waals surface area (Å²) in [6.45, 7) is 0. The highest BCUT2D eigenvalue weighted by molar-refractivity contribution is 7.90. The molecule has 4 rings (SSSR count). The number of fused-ring (bicyclic) bond motifs is 1. The Hall–Kier alpha value is -3.12. The molecule has 1 heterocycles. The summed E-state index contributed by atoms with van der Waals surface area (Å²) in [6.07, 6.45) is 0. The summed E-state index contributed by atoms with van der Waals surface area (Å²) in [6, 6.07) is 21.8. The summed E-state index contributed by atoms with van der Waals surface area (Å²) in [5.74, 6) is 0.139. The molecule has 0 saturated carbocycles. The van der Waals surface area contributed by atoms with Crippen LogP contribution in [0.4, 0.5) is 0 Å². The Morgan fingerprint density at radius 3 is 2.04 bits per heavy atom. The van der Waals surface area contributed by atoms with Gasteiger partial charge in [-0.3, -0.25) is 4.79 Å². The summed E-state index contributed by atoms with van der Waals surface area (Å²) >= 11 is 0. The van der Waals surface area contributed by atoms with E-state index < -0.39 is 22.0 Å². The SMILES string of the molecule is COc1ccc(C(c2ccccc2)N2C(=O)c3ccccc3S2(=O)=O)cc1. The van der Waals surface area contributed by atoms with Gasteiger partial charge in [0.25, 0.3) is 15.9 Å². The van der Waals surface area contributed by atoms with Crippen LogP contribution < -0.4 is 4.74 Å². The molecule has 0 bridgehead atoms. The smallest absolute Gasteiger partial charge is 0.269 e. The third kappa shape index (κ3) is 2.78. The third-order valence-electron chi connectivity index (χ3n) is 4.64. The predicted octanol–water partition coefficient (Wildman–Crippen LogP) is 3.63. The van der Waals surface area contributed by atoms with Crippen molar-refractivity contribution in [2.24, 2.45) is 0 Å². The molecule has 6 heteroatoms. The first-order valence-electron chi connectivity index (χ1n) is 8.41. The van der Waals surface area contributed by atoms with Crippen LogP contribution in [0, 0.1) is 0 Å². The molecule has 0 aromatic heterocycles. The Kier molecular flexibility index (Phi) is 4.20. The van der Waals surface area contributed by atoms with Crippen molar-refractivity contribution in [1.82, 2.24) is 4.31 Å². The first-order chi connectivity index (χ1) is 13.0. The van der Waals surface area contributed by atoms with Gasteiger partial charge < -0.3 is 4.74 Å². The van der Waals surface area contributed by atoms with E-state index in [1.165, 1.54) is 6.07 Å². The summed E-state index contributed by atoms with van der Waals surface area (Å²) < 4.78 is 32.5. The Morgan fingerprint density at radius 1 is 0.815 bits per heavy atom. The number of carbonyl (C=O) groups excluding carboxylic acids is 1. The van der Waals surface area contributed by atoms with E-state index in [1.54, 1.807) is 49.6 Å². The number of amides is 1. The Bertz CT molecular complexity index is 1090. The molecule has 3 aromatic rings. The van der Waals surface area contributed by atoms with E-state index in [0.29, 0.717) is 16.9 Å². The van der Waals surface area contributed by atoms with Crippen LogP contribution in [-0.2, 0) is 10.0 Å². The van der Waals surface area contributed by atoms with Crippen molar-refractivity contribution < 1.29 is 17.9 Å². The molecule has 0 spiro atoms. The number of sulfonamides is 1. The molecule has 5 nitrogen and oxygen atoms in total. The van der Waals surface area contributed by atoms with Gasteiger partial charge in [0.1, 0.15) is 10.6 Å². The first-order valence-corrected chi connectivity index (χ1v) is 9.85. The second-order valence-electron chi connectivity index (χ2n) is 6.19. The maximum atomic E-state index is 13.2. The van der Waals surface area contributed by atoms with Gasteiger partial charge >= 0.3 is 0 Å². The minimum atomic E-state index is -3.95. The quantitative estimate of drug-likeness (QED) is 0.694. The van der Waals surface area contributed by atoms with E-state index in [1.807, 2.05) is 30.3 Å². The molecular weight excluding hydrogens is 362 g/mol. The molecule has 0 saturated heterocycles. The number of nitrogens with zero attached hydrogens (tertiary/aromatic N) is 1. The number of benzene rings is 3. The molecule has 0 aliphatic carbocycles. The van der Waals surface area contributed by atoms with Gasteiger partial charge in [0.05, 0.1) is 18.7 Å². The van der Waals surface area contributed by atoms with Gasteiger partial charge in [0.2, 0.25) is 0 Å². The van der Waals surface area contributed by atoms with Crippen LogP contribution in [0.15, 0.2) is 83.8 Å². The Balaban J connectivity index is 1.91. The highest BCUT2D eigenvalue weighted by Crippen LogP contribution is 2.40. The van der Waals surface area contributed by atoms with Gasteiger partial charge in [-0.1, -0.05) is 54.6 Å². The van der Waals surface area contributed by atoms with Crippen molar-refractivity contribution in [1.29, 1.82) is 0 Å². The second kappa shape index (κ2) is 6.55. The highest BCUT2D eigenvalue weighted by atomic mass is 32.2. The standard InChI is InChI=1S/C21H17NO4S/c1-26-17-13-11-16(12-14-17)20(15-7-3-2-4-8-15)22-21(23)18-9-5-6-10-19(18)27(22,24)25/h2-14,20H,1H3. The predicted molar refractivity (Wildman–Crippen MR) is 101 cm³/mol. The highest BCUT2D eigenvalue weighted by Gasteiger charge is 2.45. The van der Waals surface area contributed by atoms with Crippen LogP contribution in [0.25, 0.3) is 0 Å². The minimum Gasteiger partial charge on any atom is -0.497 e. The number of ether oxygens (including phenoxy) is 1. The lowest BCUT2D eigenvalue weighted by Crippen LogP contribution is -2.35. The van der Waals surface area contributed by atoms with E-state index in [4.69, 9.17) is 4.74 Å². The lowest BCUT2D eigenvalue weighted by Gasteiger charge is -2.27. The zero-order chi connectivity index (χ0) is 19.0. The molecule has 1 unspecified atom stereocenters. The molecule has 136 valence electrons. The molecular formula is C21H17NO4S. The number of hydrogen-bond acceptors (Lipinski definition) is 4. The van der Waals surface area contributed by atoms with Crippen LogP contribution >= 0.6 is 0 Å². The van der Waals surface area contributed by atoms with Crippen LogP contribution in [-0.4, -0.2) is 25.7 Å². The van der Waals surface area contributed by atoms with Crippen LogP contribution in [0.5, 0.6) is 5.75 Å². The lowest BCUT2D eigenvalue weighted by molar-refractivity contribution is 0.0846. The van der Waals surface area contributed by atoms with E-state index in [9.17, 15) is 13.2 Å². The number of carbonyl (C=O) groups is 1. The number of hydrogen-bond donors (Lipinski definition) is 0. The molecule has 1 aliphatic rings. The minimum absolute atomic E-state index is 0.0458. The summed E-state index contributed by atoms with van der Waals surface area (Å²) in [5, 5.41) is 0. The van der Waals surface area contributed by atoms with E-state index in [2.05, 4.69) is 0 Å². The van der Waals surface area contributed by atoms with E-state index >= 15 is 0 Å². The van der Waals surface area contributed by atoms with Crippen molar-refractivity contribution in [3.63, 3.8) is 0 Å². The molecule has 1 aliphatic heterocycles. The van der Waals surface area contributed by atoms with Crippen LogP contribution in [0.1, 0.15) is 27.5 Å². The number of methoxy groups -OCH3 is 1. The molecule has 27 heavy (non-hydrogen) atoms. The molecule has 0 fully saturated rings. The van der Waals surface area contributed by atoms with E-state index in [0.717, 1.165) is 4.31 Å². The Morgan fingerprint density at radius 2 is 1.41 bits per heavy atom. The first kappa shape index (κ1) is 17.3. The fourth-order valence-electron chi connectivity index (χ4n) is 3.34. The lowest BCUT2D eigenvalue weighted by atomic mass is 9.98. The van der Waals surface area contributed by atoms with Gasteiger partial charge in [0, 0.05) is 0 Å². The topological polar surface area (TPSA) is 63.7 Å². The van der Waals surface area contributed by atoms with Gasteiger partial charge in [-0.2, -0.15) is 0 Å². The van der Waals surface area contributed by atoms with E-state index in [-0.39, 0.29) is 10.5 Å². The van der Waals surface area contributed by atoms with Gasteiger partial charge in [-0.15, -0.1) is 0 Å². The second-order valence-corrected chi connectivity index (χ2v) is 7.97. The molecule has 1 atom stereocenters. The van der Waals surface area contributed by atoms with Gasteiger partial charge in [0.15, 0.2) is 0 Å². The Labute approximate surface area is 157 Å². The molecule has 1 amide bonds. The zero-order valence-electron chi connectivity index (χ0n) is 14.6. The fraction of sp³-hybridized carbons (Fsp3) is 0.0952.